The third-order valence-corrected chi connectivity index (χ3v) is 4.41. The minimum atomic E-state index is -0.657. The molecule has 25 heavy (non-hydrogen) atoms. The molecular formula is C20H34O5. The van der Waals surface area contributed by atoms with Crippen molar-refractivity contribution in [1.29, 1.82) is 0 Å². The van der Waals surface area contributed by atoms with Crippen LogP contribution < -0.4 is 0 Å². The van der Waals surface area contributed by atoms with E-state index in [1.807, 2.05) is 6.08 Å². The molecule has 5 heteroatoms. The van der Waals surface area contributed by atoms with Gasteiger partial charge in [-0.2, -0.15) is 0 Å². The molecule has 1 heterocycles. The smallest absolute Gasteiger partial charge is 0.303 e. The number of Topliss-reactive ketones (excluding diaryl/α,β-unsaturated/α-hetero) is 1. The number of allylic oxidation sites excluding steroid dienone is 1. The van der Waals surface area contributed by atoms with Crippen LogP contribution in [0, 0.1) is 5.92 Å². The molecule has 0 aliphatic carbocycles. The molecular weight excluding hydrogens is 320 g/mol. The number of hydrogen-bond acceptors (Lipinski definition) is 5. The van der Waals surface area contributed by atoms with Crippen molar-refractivity contribution in [3.05, 3.63) is 11.6 Å². The second-order valence-electron chi connectivity index (χ2n) is 7.12. The summed E-state index contributed by atoms with van der Waals surface area (Å²) in [5, 5.41) is 0. The standard InChI is InChI=1S/C20H34O5/c1-15(11-12-19(17(3)21)25-18(4)22)8-7-9-16(2)14-24-20-10-5-6-13-23-20/h11,16,19-20H,5-10,12-14H2,1-4H3/t16-,19?,20?/m0/s1. The molecule has 0 amide bonds. The highest BCUT2D eigenvalue weighted by Gasteiger charge is 2.16. The molecule has 1 fully saturated rings. The third-order valence-electron chi connectivity index (χ3n) is 4.41. The lowest BCUT2D eigenvalue weighted by Crippen LogP contribution is -2.24. The van der Waals surface area contributed by atoms with Gasteiger partial charge in [0.25, 0.3) is 0 Å². The van der Waals surface area contributed by atoms with Gasteiger partial charge in [0.2, 0.25) is 0 Å². The van der Waals surface area contributed by atoms with Crippen molar-refractivity contribution >= 4 is 11.8 Å². The normalized spacial score (nSPS) is 20.8. The number of carbonyl (C=O) groups is 2. The van der Waals surface area contributed by atoms with Crippen molar-refractivity contribution < 1.29 is 23.8 Å². The maximum absolute atomic E-state index is 11.5. The molecule has 1 saturated heterocycles. The van der Waals surface area contributed by atoms with E-state index in [-0.39, 0.29) is 12.1 Å². The Morgan fingerprint density at radius 3 is 2.60 bits per heavy atom. The van der Waals surface area contributed by atoms with Crippen molar-refractivity contribution in [2.45, 2.75) is 85.0 Å². The lowest BCUT2D eigenvalue weighted by Gasteiger charge is -2.24. The Hall–Kier alpha value is -1.20. The molecule has 1 aliphatic heterocycles. The molecule has 144 valence electrons. The monoisotopic (exact) mass is 354 g/mol. The topological polar surface area (TPSA) is 61.8 Å². The van der Waals surface area contributed by atoms with E-state index in [9.17, 15) is 9.59 Å². The van der Waals surface area contributed by atoms with Gasteiger partial charge in [-0.05, 0) is 58.3 Å². The van der Waals surface area contributed by atoms with Gasteiger partial charge in [0.15, 0.2) is 18.2 Å². The first-order valence-corrected chi connectivity index (χ1v) is 9.45. The van der Waals surface area contributed by atoms with Crippen LogP contribution in [0.15, 0.2) is 11.6 Å². The van der Waals surface area contributed by atoms with Gasteiger partial charge in [0.05, 0.1) is 6.61 Å². The summed E-state index contributed by atoms with van der Waals surface area (Å²) in [7, 11) is 0. The summed E-state index contributed by atoms with van der Waals surface area (Å²) in [6.07, 6.45) is 8.29. The fourth-order valence-electron chi connectivity index (χ4n) is 2.83. The number of esters is 1. The first kappa shape index (κ1) is 21.8. The zero-order valence-corrected chi connectivity index (χ0v) is 16.2. The zero-order chi connectivity index (χ0) is 18.7. The summed E-state index contributed by atoms with van der Waals surface area (Å²) in [6, 6.07) is 0. The molecule has 0 radical (unpaired) electrons. The van der Waals surface area contributed by atoms with Crippen LogP contribution in [0.4, 0.5) is 0 Å². The van der Waals surface area contributed by atoms with Crippen LogP contribution >= 0.6 is 0 Å². The second-order valence-corrected chi connectivity index (χ2v) is 7.12. The van der Waals surface area contributed by atoms with Gasteiger partial charge in [0.1, 0.15) is 0 Å². The summed E-state index contributed by atoms with van der Waals surface area (Å²) in [5.41, 5.74) is 1.22. The Kier molecular flexibility index (Phi) is 10.7. The molecule has 1 rings (SSSR count). The predicted octanol–water partition coefficient (Wildman–Crippen LogP) is 4.19. The van der Waals surface area contributed by atoms with Crippen molar-refractivity contribution in [3.8, 4) is 0 Å². The fraction of sp³-hybridized carbons (Fsp3) is 0.800. The summed E-state index contributed by atoms with van der Waals surface area (Å²) >= 11 is 0. The van der Waals surface area contributed by atoms with Crippen LogP contribution in [0.1, 0.15) is 72.6 Å². The summed E-state index contributed by atoms with van der Waals surface area (Å²) < 4.78 is 16.4. The van der Waals surface area contributed by atoms with E-state index in [1.165, 1.54) is 25.8 Å². The SMILES string of the molecule is CC(=O)OC(CC=C(C)CCC[C@H](C)COC1CCCCO1)C(C)=O. The Morgan fingerprint density at radius 1 is 1.24 bits per heavy atom. The minimum Gasteiger partial charge on any atom is -0.454 e. The molecule has 5 nitrogen and oxygen atoms in total. The van der Waals surface area contributed by atoms with Crippen LogP contribution in [0.2, 0.25) is 0 Å². The van der Waals surface area contributed by atoms with Crippen LogP contribution in [0.5, 0.6) is 0 Å². The van der Waals surface area contributed by atoms with E-state index in [0.717, 1.165) is 45.3 Å². The summed E-state index contributed by atoms with van der Waals surface area (Å²) in [5.74, 6) is -0.0266. The number of carbonyl (C=O) groups excluding carboxylic acids is 2. The van der Waals surface area contributed by atoms with Crippen molar-refractivity contribution in [2.24, 2.45) is 5.92 Å². The Morgan fingerprint density at radius 2 is 2.00 bits per heavy atom. The lowest BCUT2D eigenvalue weighted by atomic mass is 10.0. The molecule has 0 bridgehead atoms. The van der Waals surface area contributed by atoms with Gasteiger partial charge >= 0.3 is 5.97 Å². The average molecular weight is 354 g/mol. The summed E-state index contributed by atoms with van der Waals surface area (Å²) in [6.45, 7) is 8.60. The quantitative estimate of drug-likeness (QED) is 0.411. The van der Waals surface area contributed by atoms with Crippen LogP contribution in [0.25, 0.3) is 0 Å². The van der Waals surface area contributed by atoms with Crippen LogP contribution in [0.3, 0.4) is 0 Å². The Balaban J connectivity index is 2.19. The molecule has 0 aromatic heterocycles. The van der Waals surface area contributed by atoms with E-state index in [2.05, 4.69) is 13.8 Å². The molecule has 0 N–H and O–H groups in total. The van der Waals surface area contributed by atoms with Gasteiger partial charge in [-0.1, -0.05) is 18.6 Å². The largest absolute Gasteiger partial charge is 0.454 e. The van der Waals surface area contributed by atoms with Crippen molar-refractivity contribution in [1.82, 2.24) is 0 Å². The van der Waals surface area contributed by atoms with Gasteiger partial charge in [0, 0.05) is 20.0 Å². The van der Waals surface area contributed by atoms with Crippen LogP contribution in [-0.2, 0) is 23.8 Å². The zero-order valence-electron chi connectivity index (χ0n) is 16.2. The minimum absolute atomic E-state index is 0.0115. The maximum atomic E-state index is 11.5. The van der Waals surface area contributed by atoms with Crippen LogP contribution in [-0.4, -0.2) is 37.4 Å². The second kappa shape index (κ2) is 12.2. The first-order chi connectivity index (χ1) is 11.9. The van der Waals surface area contributed by atoms with E-state index < -0.39 is 12.1 Å². The molecule has 3 atom stereocenters. The van der Waals surface area contributed by atoms with Crippen molar-refractivity contribution in [2.75, 3.05) is 13.2 Å². The van der Waals surface area contributed by atoms with E-state index in [4.69, 9.17) is 14.2 Å². The van der Waals surface area contributed by atoms with Gasteiger partial charge in [-0.3, -0.25) is 9.59 Å². The third kappa shape index (κ3) is 10.4. The van der Waals surface area contributed by atoms with E-state index >= 15 is 0 Å². The predicted molar refractivity (Wildman–Crippen MR) is 97.2 cm³/mol. The highest BCUT2D eigenvalue weighted by atomic mass is 16.7. The molecule has 0 saturated carbocycles. The van der Waals surface area contributed by atoms with E-state index in [1.54, 1.807) is 0 Å². The van der Waals surface area contributed by atoms with E-state index in [0.29, 0.717) is 12.3 Å². The molecule has 0 spiro atoms. The fourth-order valence-corrected chi connectivity index (χ4v) is 2.83. The van der Waals surface area contributed by atoms with Gasteiger partial charge in [-0.15, -0.1) is 0 Å². The number of hydrogen-bond donors (Lipinski definition) is 0. The molecule has 0 aromatic rings. The Labute approximate surface area is 152 Å². The molecule has 1 aliphatic rings. The highest BCUT2D eigenvalue weighted by Crippen LogP contribution is 2.18. The number of ether oxygens (including phenoxy) is 3. The maximum Gasteiger partial charge on any atom is 0.303 e. The number of rotatable bonds is 11. The van der Waals surface area contributed by atoms with Gasteiger partial charge < -0.3 is 14.2 Å². The molecule has 0 aromatic carbocycles. The average Bonchev–Trinajstić information content (AvgIpc) is 2.57. The highest BCUT2D eigenvalue weighted by molar-refractivity contribution is 5.83. The first-order valence-electron chi connectivity index (χ1n) is 9.45. The molecule has 2 unspecified atom stereocenters. The summed E-state index contributed by atoms with van der Waals surface area (Å²) in [4.78, 5) is 22.5. The lowest BCUT2D eigenvalue weighted by molar-refractivity contribution is -0.168. The number of ketones is 1. The van der Waals surface area contributed by atoms with Gasteiger partial charge in [-0.25, -0.2) is 0 Å². The van der Waals surface area contributed by atoms with Crippen molar-refractivity contribution in [3.63, 3.8) is 0 Å². The Bertz CT molecular complexity index is 437.